The summed E-state index contributed by atoms with van der Waals surface area (Å²) in [5.74, 6) is 0.675. The van der Waals surface area contributed by atoms with E-state index in [2.05, 4.69) is 5.32 Å². The van der Waals surface area contributed by atoms with E-state index in [1.54, 1.807) is 0 Å². The van der Waals surface area contributed by atoms with Crippen LogP contribution in [0.1, 0.15) is 40.0 Å². The Morgan fingerprint density at radius 1 is 1.30 bits per heavy atom. The number of carbonyl (C=O) groups excluding carboxylic acids is 2. The highest BCUT2D eigenvalue weighted by Gasteiger charge is 2.36. The van der Waals surface area contributed by atoms with Crippen molar-refractivity contribution < 1.29 is 14.3 Å². The molecule has 2 aliphatic rings. The number of hydrogen-bond donors (Lipinski definition) is 1. The largest absolute Gasteiger partial charge is 0.381 e. The molecule has 20 heavy (non-hydrogen) atoms. The van der Waals surface area contributed by atoms with Crippen LogP contribution in [0.4, 0.5) is 0 Å². The Bertz CT molecular complexity index is 364. The Hall–Kier alpha value is -1.10. The van der Waals surface area contributed by atoms with E-state index in [-0.39, 0.29) is 29.8 Å². The SMILES string of the molecule is CC(C)C1NC(=O)CC(C)N(CC2CCOCC2)C1=O. The molecule has 0 saturated carbocycles. The first-order chi connectivity index (χ1) is 9.49. The van der Waals surface area contributed by atoms with Gasteiger partial charge >= 0.3 is 0 Å². The number of amides is 2. The standard InChI is InChI=1S/C15H26N2O3/c1-10(2)14-15(19)17(11(3)8-13(18)16-14)9-12-4-6-20-7-5-12/h10-12,14H,4-9H2,1-3H3,(H,16,18). The number of carbonyl (C=O) groups is 2. The van der Waals surface area contributed by atoms with Gasteiger partial charge in [-0.15, -0.1) is 0 Å². The summed E-state index contributed by atoms with van der Waals surface area (Å²) >= 11 is 0. The molecule has 0 aromatic carbocycles. The van der Waals surface area contributed by atoms with Crippen molar-refractivity contribution in [2.45, 2.75) is 52.1 Å². The lowest BCUT2D eigenvalue weighted by atomic mass is 9.97. The summed E-state index contributed by atoms with van der Waals surface area (Å²) in [6.45, 7) is 8.25. The molecule has 2 aliphatic heterocycles. The quantitative estimate of drug-likeness (QED) is 0.845. The third-order valence-electron chi connectivity index (χ3n) is 4.34. The van der Waals surface area contributed by atoms with E-state index in [0.717, 1.165) is 32.6 Å². The number of rotatable bonds is 3. The van der Waals surface area contributed by atoms with Gasteiger partial charge in [0.1, 0.15) is 6.04 Å². The summed E-state index contributed by atoms with van der Waals surface area (Å²) in [4.78, 5) is 26.5. The minimum absolute atomic E-state index is 0.0148. The Morgan fingerprint density at radius 3 is 2.55 bits per heavy atom. The third kappa shape index (κ3) is 3.51. The maximum absolute atomic E-state index is 12.7. The Kier molecular flexibility index (Phi) is 5.02. The summed E-state index contributed by atoms with van der Waals surface area (Å²) in [5.41, 5.74) is 0. The van der Waals surface area contributed by atoms with Crippen LogP contribution in [0, 0.1) is 11.8 Å². The second kappa shape index (κ2) is 6.57. The first-order valence-electron chi connectivity index (χ1n) is 7.66. The summed E-state index contributed by atoms with van der Waals surface area (Å²) in [7, 11) is 0. The smallest absolute Gasteiger partial charge is 0.245 e. The second-order valence-electron chi connectivity index (χ2n) is 6.39. The highest BCUT2D eigenvalue weighted by Crippen LogP contribution is 2.22. The van der Waals surface area contributed by atoms with Crippen molar-refractivity contribution in [1.29, 1.82) is 0 Å². The van der Waals surface area contributed by atoms with Crippen LogP contribution >= 0.6 is 0 Å². The topological polar surface area (TPSA) is 58.6 Å². The van der Waals surface area contributed by atoms with Crippen LogP contribution in [0.25, 0.3) is 0 Å². The zero-order valence-electron chi connectivity index (χ0n) is 12.7. The predicted molar refractivity (Wildman–Crippen MR) is 76.1 cm³/mol. The van der Waals surface area contributed by atoms with Gasteiger partial charge in [-0.05, 0) is 31.6 Å². The number of hydrogen-bond acceptors (Lipinski definition) is 3. The summed E-state index contributed by atoms with van der Waals surface area (Å²) in [6, 6.07) is -0.401. The first kappa shape index (κ1) is 15.3. The molecule has 0 aliphatic carbocycles. The van der Waals surface area contributed by atoms with E-state index in [0.29, 0.717) is 12.3 Å². The zero-order chi connectivity index (χ0) is 14.7. The van der Waals surface area contributed by atoms with Gasteiger partial charge in [-0.1, -0.05) is 13.8 Å². The molecule has 0 bridgehead atoms. The van der Waals surface area contributed by atoms with Crippen molar-refractivity contribution in [2.24, 2.45) is 11.8 Å². The molecular formula is C15H26N2O3. The van der Waals surface area contributed by atoms with Crippen molar-refractivity contribution >= 4 is 11.8 Å². The van der Waals surface area contributed by atoms with Crippen LogP contribution in [-0.4, -0.2) is 48.6 Å². The van der Waals surface area contributed by atoms with Crippen LogP contribution in [0.3, 0.4) is 0 Å². The Labute approximate surface area is 121 Å². The van der Waals surface area contributed by atoms with Gasteiger partial charge in [0.05, 0.1) is 0 Å². The van der Waals surface area contributed by atoms with Gasteiger partial charge in [0.25, 0.3) is 0 Å². The molecule has 0 radical (unpaired) electrons. The molecule has 2 heterocycles. The summed E-state index contributed by atoms with van der Waals surface area (Å²) < 4.78 is 5.37. The van der Waals surface area contributed by atoms with E-state index >= 15 is 0 Å². The molecule has 2 atom stereocenters. The first-order valence-corrected chi connectivity index (χ1v) is 7.66. The molecule has 2 rings (SSSR count). The van der Waals surface area contributed by atoms with Gasteiger partial charge in [0.15, 0.2) is 0 Å². The maximum atomic E-state index is 12.7. The Morgan fingerprint density at radius 2 is 1.95 bits per heavy atom. The maximum Gasteiger partial charge on any atom is 0.245 e. The van der Waals surface area contributed by atoms with Crippen molar-refractivity contribution in [3.63, 3.8) is 0 Å². The number of nitrogens with zero attached hydrogens (tertiary/aromatic N) is 1. The molecule has 5 heteroatoms. The van der Waals surface area contributed by atoms with Crippen molar-refractivity contribution in [1.82, 2.24) is 10.2 Å². The minimum Gasteiger partial charge on any atom is -0.381 e. The van der Waals surface area contributed by atoms with Crippen LogP contribution < -0.4 is 5.32 Å². The monoisotopic (exact) mass is 282 g/mol. The van der Waals surface area contributed by atoms with Gasteiger partial charge < -0.3 is 15.0 Å². The lowest BCUT2D eigenvalue weighted by Crippen LogP contribution is -2.50. The lowest BCUT2D eigenvalue weighted by molar-refractivity contribution is -0.137. The van der Waals surface area contributed by atoms with Gasteiger partial charge in [0, 0.05) is 32.2 Å². The van der Waals surface area contributed by atoms with Crippen LogP contribution in [-0.2, 0) is 14.3 Å². The second-order valence-corrected chi connectivity index (χ2v) is 6.39. The highest BCUT2D eigenvalue weighted by atomic mass is 16.5. The average Bonchev–Trinajstić information content (AvgIpc) is 2.51. The van der Waals surface area contributed by atoms with Crippen LogP contribution in [0.15, 0.2) is 0 Å². The van der Waals surface area contributed by atoms with Gasteiger partial charge in [0.2, 0.25) is 11.8 Å². The van der Waals surface area contributed by atoms with Gasteiger partial charge in [-0.25, -0.2) is 0 Å². The molecule has 2 fully saturated rings. The summed E-state index contributed by atoms with van der Waals surface area (Å²) in [6.07, 6.45) is 2.41. The number of nitrogens with one attached hydrogen (secondary N) is 1. The molecule has 114 valence electrons. The molecule has 2 amide bonds. The molecule has 0 aromatic rings. The normalized spacial score (nSPS) is 29.5. The lowest BCUT2D eigenvalue weighted by Gasteiger charge is -2.34. The minimum atomic E-state index is -0.382. The zero-order valence-corrected chi connectivity index (χ0v) is 12.7. The van der Waals surface area contributed by atoms with E-state index in [9.17, 15) is 9.59 Å². The molecule has 5 nitrogen and oxygen atoms in total. The molecule has 2 unspecified atom stereocenters. The molecule has 0 aromatic heterocycles. The van der Waals surface area contributed by atoms with E-state index in [1.165, 1.54) is 0 Å². The van der Waals surface area contributed by atoms with Crippen molar-refractivity contribution in [3.05, 3.63) is 0 Å². The predicted octanol–water partition coefficient (Wildman–Crippen LogP) is 1.17. The van der Waals surface area contributed by atoms with Crippen LogP contribution in [0.5, 0.6) is 0 Å². The highest BCUT2D eigenvalue weighted by molar-refractivity contribution is 5.90. The fraction of sp³-hybridized carbons (Fsp3) is 0.867. The fourth-order valence-electron chi connectivity index (χ4n) is 3.00. The third-order valence-corrected chi connectivity index (χ3v) is 4.34. The fourth-order valence-corrected chi connectivity index (χ4v) is 3.00. The van der Waals surface area contributed by atoms with Crippen LogP contribution in [0.2, 0.25) is 0 Å². The molecule has 0 spiro atoms. The average molecular weight is 282 g/mol. The molecule has 2 saturated heterocycles. The van der Waals surface area contributed by atoms with Crippen molar-refractivity contribution in [2.75, 3.05) is 19.8 Å². The molecule has 1 N–H and O–H groups in total. The van der Waals surface area contributed by atoms with E-state index in [4.69, 9.17) is 4.74 Å². The van der Waals surface area contributed by atoms with Gasteiger partial charge in [-0.3, -0.25) is 9.59 Å². The summed E-state index contributed by atoms with van der Waals surface area (Å²) in [5, 5.41) is 2.87. The van der Waals surface area contributed by atoms with Gasteiger partial charge in [-0.2, -0.15) is 0 Å². The Balaban J connectivity index is 2.10. The molecular weight excluding hydrogens is 256 g/mol. The van der Waals surface area contributed by atoms with E-state index < -0.39 is 0 Å². The van der Waals surface area contributed by atoms with Crippen molar-refractivity contribution in [3.8, 4) is 0 Å². The van der Waals surface area contributed by atoms with E-state index in [1.807, 2.05) is 25.7 Å². The number of ether oxygens (including phenoxy) is 1.